The summed E-state index contributed by atoms with van der Waals surface area (Å²) in [5.41, 5.74) is 2.45. The molecule has 2 aromatic carbocycles. The maximum atomic E-state index is 12.2. The van der Waals surface area contributed by atoms with Crippen molar-refractivity contribution in [1.82, 2.24) is 0 Å². The van der Waals surface area contributed by atoms with Gasteiger partial charge in [0, 0.05) is 12.3 Å². The van der Waals surface area contributed by atoms with Gasteiger partial charge < -0.3 is 19.9 Å². The van der Waals surface area contributed by atoms with Gasteiger partial charge in [-0.3, -0.25) is 4.79 Å². The lowest BCUT2D eigenvalue weighted by Gasteiger charge is -2.09. The first-order valence-corrected chi connectivity index (χ1v) is 8.45. The monoisotopic (exact) mass is 357 g/mol. The molecule has 0 aliphatic heterocycles. The molecule has 0 heterocycles. The molecule has 0 spiro atoms. The molecule has 2 aromatic rings. The molecule has 1 amide bonds. The van der Waals surface area contributed by atoms with E-state index in [0.717, 1.165) is 5.56 Å². The number of nitrogens with one attached hydrogen (secondary N) is 1. The highest BCUT2D eigenvalue weighted by Gasteiger charge is 2.08. The van der Waals surface area contributed by atoms with Gasteiger partial charge in [-0.2, -0.15) is 0 Å². The van der Waals surface area contributed by atoms with Crippen LogP contribution in [-0.4, -0.2) is 36.8 Å². The van der Waals surface area contributed by atoms with Crippen LogP contribution in [0, 0.1) is 0 Å². The number of carboxylic acid groups (broad SMARTS) is 1. The maximum Gasteiger partial charge on any atom is 0.335 e. The van der Waals surface area contributed by atoms with Gasteiger partial charge in [-0.15, -0.1) is 0 Å². The number of aromatic carboxylic acids is 1. The molecular weight excluding hydrogens is 334 g/mol. The number of anilines is 1. The third-order valence-corrected chi connectivity index (χ3v) is 3.59. The van der Waals surface area contributed by atoms with E-state index in [9.17, 15) is 9.59 Å². The van der Waals surface area contributed by atoms with E-state index >= 15 is 0 Å². The molecule has 0 fully saturated rings. The van der Waals surface area contributed by atoms with Crippen molar-refractivity contribution in [2.45, 2.75) is 20.0 Å². The molecule has 26 heavy (non-hydrogen) atoms. The Balaban J connectivity index is 1.87. The van der Waals surface area contributed by atoms with Crippen molar-refractivity contribution in [3.8, 4) is 0 Å². The first-order chi connectivity index (χ1) is 12.6. The first kappa shape index (κ1) is 19.6. The van der Waals surface area contributed by atoms with Gasteiger partial charge in [-0.1, -0.05) is 24.3 Å². The van der Waals surface area contributed by atoms with Crippen LogP contribution >= 0.6 is 0 Å². The minimum atomic E-state index is -1.01. The van der Waals surface area contributed by atoms with Crippen LogP contribution in [0.5, 0.6) is 0 Å². The Morgan fingerprint density at radius 3 is 2.50 bits per heavy atom. The molecule has 2 N–H and O–H groups in total. The lowest BCUT2D eigenvalue weighted by molar-refractivity contribution is -0.115. The van der Waals surface area contributed by atoms with Crippen LogP contribution in [0.15, 0.2) is 48.5 Å². The zero-order valence-corrected chi connectivity index (χ0v) is 14.7. The van der Waals surface area contributed by atoms with Gasteiger partial charge in [0.05, 0.1) is 31.8 Å². The lowest BCUT2D eigenvalue weighted by Crippen LogP contribution is -2.15. The summed E-state index contributed by atoms with van der Waals surface area (Å²) in [6, 6.07) is 13.8. The van der Waals surface area contributed by atoms with Gasteiger partial charge >= 0.3 is 5.97 Å². The van der Waals surface area contributed by atoms with E-state index in [1.165, 1.54) is 12.1 Å². The highest BCUT2D eigenvalue weighted by Crippen LogP contribution is 2.13. The van der Waals surface area contributed by atoms with Gasteiger partial charge in [0.2, 0.25) is 5.91 Å². The second kappa shape index (κ2) is 10.3. The molecule has 6 nitrogen and oxygen atoms in total. The van der Waals surface area contributed by atoms with E-state index in [2.05, 4.69) is 5.32 Å². The van der Waals surface area contributed by atoms with E-state index in [1.54, 1.807) is 18.2 Å². The van der Waals surface area contributed by atoms with Gasteiger partial charge in [-0.25, -0.2) is 4.79 Å². The van der Waals surface area contributed by atoms with E-state index in [-0.39, 0.29) is 17.9 Å². The fourth-order valence-electron chi connectivity index (χ4n) is 2.40. The van der Waals surface area contributed by atoms with Crippen LogP contribution in [0.1, 0.15) is 28.4 Å². The lowest BCUT2D eigenvalue weighted by atomic mass is 10.1. The van der Waals surface area contributed by atoms with E-state index in [0.29, 0.717) is 37.7 Å². The number of hydrogen-bond acceptors (Lipinski definition) is 4. The highest BCUT2D eigenvalue weighted by molar-refractivity contribution is 5.93. The standard InChI is InChI=1S/C20H23NO5/c1-2-25-9-10-26-14-16-6-4-8-18(12-16)21-19(22)13-15-5-3-7-17(11-15)20(23)24/h3-8,11-12H,2,9-10,13-14H2,1H3,(H,21,22)(H,23,24). The predicted molar refractivity (Wildman–Crippen MR) is 98.3 cm³/mol. The van der Waals surface area contributed by atoms with Crippen molar-refractivity contribution >= 4 is 17.6 Å². The topological polar surface area (TPSA) is 84.9 Å². The average molecular weight is 357 g/mol. The molecule has 0 aromatic heterocycles. The van der Waals surface area contributed by atoms with E-state index < -0.39 is 5.97 Å². The Labute approximate surface area is 152 Å². The third-order valence-electron chi connectivity index (χ3n) is 3.59. The van der Waals surface area contributed by atoms with Gasteiger partial charge in [0.15, 0.2) is 0 Å². The number of carbonyl (C=O) groups excluding carboxylic acids is 1. The van der Waals surface area contributed by atoms with Crippen molar-refractivity contribution in [2.24, 2.45) is 0 Å². The molecule has 0 unspecified atom stereocenters. The maximum absolute atomic E-state index is 12.2. The normalized spacial score (nSPS) is 10.5. The molecule has 138 valence electrons. The molecule has 2 rings (SSSR count). The van der Waals surface area contributed by atoms with Crippen LogP contribution in [0.25, 0.3) is 0 Å². The van der Waals surface area contributed by atoms with Crippen molar-refractivity contribution in [1.29, 1.82) is 0 Å². The minimum absolute atomic E-state index is 0.107. The van der Waals surface area contributed by atoms with E-state index in [1.807, 2.05) is 25.1 Å². The summed E-state index contributed by atoms with van der Waals surface area (Å²) >= 11 is 0. The number of benzene rings is 2. The SMILES string of the molecule is CCOCCOCc1cccc(NC(=O)Cc2cccc(C(=O)O)c2)c1. The van der Waals surface area contributed by atoms with Gasteiger partial charge in [0.1, 0.15) is 0 Å². The minimum Gasteiger partial charge on any atom is -0.478 e. The zero-order valence-electron chi connectivity index (χ0n) is 14.7. The largest absolute Gasteiger partial charge is 0.478 e. The summed E-state index contributed by atoms with van der Waals surface area (Å²) in [6.45, 7) is 4.12. The molecule has 0 aliphatic rings. The number of hydrogen-bond donors (Lipinski definition) is 2. The summed E-state index contributed by atoms with van der Waals surface area (Å²) in [4.78, 5) is 23.2. The van der Waals surface area contributed by atoms with Gasteiger partial charge in [-0.05, 0) is 42.3 Å². The molecule has 6 heteroatoms. The van der Waals surface area contributed by atoms with Crippen molar-refractivity contribution in [3.05, 3.63) is 65.2 Å². The second-order valence-corrected chi connectivity index (χ2v) is 5.68. The molecule has 0 aliphatic carbocycles. The Bertz CT molecular complexity index is 744. The molecular formula is C20H23NO5. The molecule has 0 bridgehead atoms. The van der Waals surface area contributed by atoms with Crippen LogP contribution in [0.4, 0.5) is 5.69 Å². The molecule has 0 atom stereocenters. The average Bonchev–Trinajstić information content (AvgIpc) is 2.62. The van der Waals surface area contributed by atoms with E-state index in [4.69, 9.17) is 14.6 Å². The van der Waals surface area contributed by atoms with Crippen molar-refractivity contribution in [2.75, 3.05) is 25.1 Å². The van der Waals surface area contributed by atoms with Crippen molar-refractivity contribution < 1.29 is 24.2 Å². The Morgan fingerprint density at radius 2 is 1.73 bits per heavy atom. The van der Waals surface area contributed by atoms with Crippen LogP contribution in [-0.2, 0) is 27.3 Å². The number of carboxylic acids is 1. The third kappa shape index (κ3) is 6.66. The van der Waals surface area contributed by atoms with Gasteiger partial charge in [0.25, 0.3) is 0 Å². The predicted octanol–water partition coefficient (Wildman–Crippen LogP) is 3.12. The second-order valence-electron chi connectivity index (χ2n) is 5.68. The summed E-state index contributed by atoms with van der Waals surface area (Å²) < 4.78 is 10.7. The summed E-state index contributed by atoms with van der Waals surface area (Å²) in [5.74, 6) is -1.22. The quantitative estimate of drug-likeness (QED) is 0.638. The number of amides is 1. The summed E-state index contributed by atoms with van der Waals surface area (Å²) in [6.07, 6.45) is 0.107. The number of ether oxygens (including phenoxy) is 2. The smallest absolute Gasteiger partial charge is 0.335 e. The van der Waals surface area contributed by atoms with Crippen molar-refractivity contribution in [3.63, 3.8) is 0 Å². The number of rotatable bonds is 10. The van der Waals surface area contributed by atoms with Crippen LogP contribution in [0.2, 0.25) is 0 Å². The fraction of sp³-hybridized carbons (Fsp3) is 0.300. The summed E-state index contributed by atoms with van der Waals surface area (Å²) in [7, 11) is 0. The molecule has 0 radical (unpaired) electrons. The Morgan fingerprint density at radius 1 is 1.00 bits per heavy atom. The Kier molecular flexibility index (Phi) is 7.79. The first-order valence-electron chi connectivity index (χ1n) is 8.45. The fourth-order valence-corrected chi connectivity index (χ4v) is 2.40. The molecule has 0 saturated carbocycles. The Hall–Kier alpha value is -2.70. The van der Waals surface area contributed by atoms with Crippen LogP contribution < -0.4 is 5.32 Å². The highest BCUT2D eigenvalue weighted by atomic mass is 16.5. The zero-order chi connectivity index (χ0) is 18.8. The number of carbonyl (C=O) groups is 2. The van der Waals surface area contributed by atoms with Crippen LogP contribution in [0.3, 0.4) is 0 Å². The molecule has 0 saturated heterocycles. The summed E-state index contributed by atoms with van der Waals surface area (Å²) in [5, 5.41) is 11.8.